The number of hydrogen-bond donors (Lipinski definition) is 0. The maximum Gasteiger partial charge on any atom is 0.309 e. The lowest BCUT2D eigenvalue weighted by molar-refractivity contribution is -0.157. The third-order valence-electron chi connectivity index (χ3n) is 3.91. The minimum Gasteiger partial charge on any atom is -0.455 e. The molecule has 1 fully saturated rings. The molecule has 0 saturated heterocycles. The first kappa shape index (κ1) is 15.0. The van der Waals surface area contributed by atoms with Crippen LogP contribution in [0.5, 0.6) is 0 Å². The number of nitrogens with zero attached hydrogens (tertiary/aromatic N) is 2. The molecule has 5 nitrogen and oxygen atoms in total. The molecule has 1 aromatic heterocycles. The van der Waals surface area contributed by atoms with Crippen LogP contribution in [0.4, 0.5) is 0 Å². The summed E-state index contributed by atoms with van der Waals surface area (Å²) in [5.74, 6) is -0.442. The summed E-state index contributed by atoms with van der Waals surface area (Å²) in [4.78, 5) is 29.7. The summed E-state index contributed by atoms with van der Waals surface area (Å²) >= 11 is 1.57. The van der Waals surface area contributed by atoms with Crippen LogP contribution in [0.25, 0.3) is 10.2 Å². The third-order valence-corrected chi connectivity index (χ3v) is 4.93. The molecule has 0 unspecified atom stereocenters. The van der Waals surface area contributed by atoms with E-state index >= 15 is 0 Å². The van der Waals surface area contributed by atoms with Gasteiger partial charge in [0.25, 0.3) is 5.91 Å². The van der Waals surface area contributed by atoms with Crippen LogP contribution in [-0.4, -0.2) is 35.4 Å². The van der Waals surface area contributed by atoms with Crippen LogP contribution in [0, 0.1) is 5.92 Å². The molecule has 1 saturated carbocycles. The Balaban J connectivity index is 1.52. The van der Waals surface area contributed by atoms with E-state index in [1.165, 1.54) is 0 Å². The third kappa shape index (κ3) is 3.27. The van der Waals surface area contributed by atoms with E-state index in [1.807, 2.05) is 24.3 Å². The topological polar surface area (TPSA) is 59.5 Å². The molecule has 2 aromatic rings. The van der Waals surface area contributed by atoms with Crippen molar-refractivity contribution in [1.82, 2.24) is 9.88 Å². The molecule has 1 aliphatic rings. The fraction of sp³-hybridized carbons (Fsp3) is 0.438. The number of benzene rings is 1. The van der Waals surface area contributed by atoms with Gasteiger partial charge >= 0.3 is 5.97 Å². The van der Waals surface area contributed by atoms with Gasteiger partial charge in [-0.05, 0) is 25.0 Å². The van der Waals surface area contributed by atoms with Gasteiger partial charge in [0.2, 0.25) is 0 Å². The number of carbonyl (C=O) groups is 2. The molecule has 1 aromatic carbocycles. The van der Waals surface area contributed by atoms with Gasteiger partial charge < -0.3 is 9.64 Å². The Labute approximate surface area is 132 Å². The summed E-state index contributed by atoms with van der Waals surface area (Å²) in [6.07, 6.45) is 2.84. The molecule has 1 heterocycles. The number of para-hydroxylation sites is 1. The van der Waals surface area contributed by atoms with Crippen LogP contribution in [-0.2, 0) is 20.9 Å². The van der Waals surface area contributed by atoms with Crippen molar-refractivity contribution < 1.29 is 14.3 Å². The number of hydrogen-bond acceptors (Lipinski definition) is 5. The smallest absolute Gasteiger partial charge is 0.309 e. The predicted octanol–water partition coefficient (Wildman–Crippen LogP) is 2.60. The Morgan fingerprint density at radius 2 is 2.14 bits per heavy atom. The molecule has 6 heteroatoms. The summed E-state index contributed by atoms with van der Waals surface area (Å²) in [6.45, 7) is 0.246. The summed E-state index contributed by atoms with van der Waals surface area (Å²) < 4.78 is 6.18. The first-order valence-electron chi connectivity index (χ1n) is 7.38. The van der Waals surface area contributed by atoms with Crippen LogP contribution in [0.3, 0.4) is 0 Å². The van der Waals surface area contributed by atoms with Gasteiger partial charge in [0.15, 0.2) is 6.61 Å². The lowest BCUT2D eigenvalue weighted by Gasteiger charge is -2.23. The second-order valence-electron chi connectivity index (χ2n) is 5.56. The van der Waals surface area contributed by atoms with Gasteiger partial charge in [-0.3, -0.25) is 9.59 Å². The molecule has 0 bridgehead atoms. The van der Waals surface area contributed by atoms with Crippen molar-refractivity contribution in [1.29, 1.82) is 0 Å². The fourth-order valence-corrected chi connectivity index (χ4v) is 3.30. The Morgan fingerprint density at radius 1 is 1.36 bits per heavy atom. The van der Waals surface area contributed by atoms with Crippen molar-refractivity contribution in [3.63, 3.8) is 0 Å². The average Bonchev–Trinajstić information content (AvgIpc) is 2.84. The first-order chi connectivity index (χ1) is 10.6. The number of esters is 1. The van der Waals surface area contributed by atoms with Gasteiger partial charge in [-0.2, -0.15) is 0 Å². The van der Waals surface area contributed by atoms with E-state index in [4.69, 9.17) is 4.74 Å². The minimum atomic E-state index is -0.243. The van der Waals surface area contributed by atoms with Crippen LogP contribution in [0.2, 0.25) is 0 Å². The number of amides is 1. The molecular weight excluding hydrogens is 300 g/mol. The number of thiazole rings is 1. The van der Waals surface area contributed by atoms with Gasteiger partial charge in [0.1, 0.15) is 5.01 Å². The van der Waals surface area contributed by atoms with Crippen molar-refractivity contribution in [2.24, 2.45) is 5.92 Å². The monoisotopic (exact) mass is 318 g/mol. The number of likely N-dealkylation sites (N-methyl/N-ethyl adjacent to an activating group) is 1. The zero-order chi connectivity index (χ0) is 15.5. The van der Waals surface area contributed by atoms with Crippen molar-refractivity contribution >= 4 is 33.4 Å². The lowest BCUT2D eigenvalue weighted by Crippen LogP contribution is -2.33. The Hall–Kier alpha value is -1.95. The predicted molar refractivity (Wildman–Crippen MR) is 84.4 cm³/mol. The zero-order valence-electron chi connectivity index (χ0n) is 12.4. The highest BCUT2D eigenvalue weighted by Crippen LogP contribution is 2.27. The molecule has 0 aliphatic heterocycles. The molecule has 0 N–H and O–H groups in total. The minimum absolute atomic E-state index is 0.00219. The number of fused-ring (bicyclic) bond motifs is 1. The van der Waals surface area contributed by atoms with Crippen LogP contribution in [0.1, 0.15) is 24.3 Å². The maximum atomic E-state index is 12.0. The molecule has 3 rings (SSSR count). The second-order valence-corrected chi connectivity index (χ2v) is 6.68. The van der Waals surface area contributed by atoms with E-state index in [2.05, 4.69) is 4.98 Å². The summed E-state index contributed by atoms with van der Waals surface area (Å²) in [5.41, 5.74) is 0.944. The van der Waals surface area contributed by atoms with Crippen molar-refractivity contribution in [2.45, 2.75) is 25.8 Å². The van der Waals surface area contributed by atoms with Crippen molar-refractivity contribution in [3.8, 4) is 0 Å². The summed E-state index contributed by atoms with van der Waals surface area (Å²) in [7, 11) is 1.70. The normalized spacial score (nSPS) is 14.6. The fourth-order valence-electron chi connectivity index (χ4n) is 2.28. The Kier molecular flexibility index (Phi) is 4.38. The second kappa shape index (κ2) is 6.44. The highest BCUT2D eigenvalue weighted by molar-refractivity contribution is 7.18. The molecule has 1 aliphatic carbocycles. The van der Waals surface area contributed by atoms with Crippen LogP contribution < -0.4 is 0 Å². The van der Waals surface area contributed by atoms with E-state index in [0.29, 0.717) is 6.54 Å². The highest BCUT2D eigenvalue weighted by Gasteiger charge is 2.27. The van der Waals surface area contributed by atoms with E-state index in [1.54, 1.807) is 23.3 Å². The molecule has 0 spiro atoms. The van der Waals surface area contributed by atoms with E-state index in [0.717, 1.165) is 34.5 Å². The zero-order valence-corrected chi connectivity index (χ0v) is 13.3. The SMILES string of the molecule is CN(Cc1nc2ccccc2s1)C(=O)COC(=O)C1CCC1. The number of aromatic nitrogens is 1. The largest absolute Gasteiger partial charge is 0.455 e. The van der Waals surface area contributed by atoms with E-state index < -0.39 is 0 Å². The molecular formula is C16H18N2O3S. The lowest BCUT2D eigenvalue weighted by atomic mass is 9.86. The summed E-state index contributed by atoms with van der Waals surface area (Å²) in [5, 5.41) is 0.877. The van der Waals surface area contributed by atoms with Crippen molar-refractivity contribution in [3.05, 3.63) is 29.3 Å². The molecule has 0 atom stereocenters. The molecule has 116 valence electrons. The van der Waals surface area contributed by atoms with Gasteiger partial charge in [0, 0.05) is 7.05 Å². The summed E-state index contributed by atoms with van der Waals surface area (Å²) in [6, 6.07) is 7.88. The Bertz CT molecular complexity index is 661. The molecule has 22 heavy (non-hydrogen) atoms. The van der Waals surface area contributed by atoms with E-state index in [-0.39, 0.29) is 24.4 Å². The van der Waals surface area contributed by atoms with Gasteiger partial charge in [-0.1, -0.05) is 18.6 Å². The maximum absolute atomic E-state index is 12.0. The van der Waals surface area contributed by atoms with Crippen LogP contribution in [0.15, 0.2) is 24.3 Å². The quantitative estimate of drug-likeness (QED) is 0.795. The highest BCUT2D eigenvalue weighted by atomic mass is 32.1. The number of carbonyl (C=O) groups excluding carboxylic acids is 2. The average molecular weight is 318 g/mol. The van der Waals surface area contributed by atoms with Gasteiger partial charge in [-0.25, -0.2) is 4.98 Å². The number of rotatable bonds is 5. The number of ether oxygens (including phenoxy) is 1. The standard InChI is InChI=1S/C16H18N2O3S/c1-18(15(19)10-21-16(20)11-5-4-6-11)9-14-17-12-7-2-3-8-13(12)22-14/h2-3,7-8,11H,4-6,9-10H2,1H3. The van der Waals surface area contributed by atoms with Gasteiger partial charge in [-0.15, -0.1) is 11.3 Å². The first-order valence-corrected chi connectivity index (χ1v) is 8.20. The molecule has 1 amide bonds. The van der Waals surface area contributed by atoms with Crippen LogP contribution >= 0.6 is 11.3 Å². The van der Waals surface area contributed by atoms with Crippen molar-refractivity contribution in [2.75, 3.05) is 13.7 Å². The Morgan fingerprint density at radius 3 is 2.82 bits per heavy atom. The van der Waals surface area contributed by atoms with E-state index in [9.17, 15) is 9.59 Å². The molecule has 0 radical (unpaired) electrons. The van der Waals surface area contributed by atoms with Gasteiger partial charge in [0.05, 0.1) is 22.7 Å².